The molecule has 4 rings (SSSR count). The molecule has 0 bridgehead atoms. The second kappa shape index (κ2) is 7.30. The fraction of sp³-hybridized carbons (Fsp3) is 0.471. The molecule has 0 saturated carbocycles. The molecule has 1 aliphatic heterocycles. The van der Waals surface area contributed by atoms with Gasteiger partial charge in [-0.05, 0) is 38.3 Å². The molecule has 138 valence electrons. The van der Waals surface area contributed by atoms with E-state index in [-0.39, 0.29) is 6.23 Å². The lowest BCUT2D eigenvalue weighted by Gasteiger charge is -2.27. The smallest absolute Gasteiger partial charge is 0.234 e. The maximum Gasteiger partial charge on any atom is 0.234 e. The highest BCUT2D eigenvalue weighted by Gasteiger charge is 2.26. The van der Waals surface area contributed by atoms with E-state index in [2.05, 4.69) is 20.3 Å². The molecule has 0 aliphatic carbocycles. The number of anilines is 2. The standard InChI is InChI=1S/C17H22N6O3/c1-2-22(24)17-21-14-15(18-10-12-6-5-9-25-12)19-11-20-16(14)23(17)13-7-3-4-8-26-13/h5-6,9,11,13,24H,2-4,7-8,10H2,1H3,(H,18,19,20). The maximum atomic E-state index is 10.3. The topological polar surface area (TPSA) is 101 Å². The highest BCUT2D eigenvalue weighted by molar-refractivity contribution is 5.85. The zero-order chi connectivity index (χ0) is 17.9. The van der Waals surface area contributed by atoms with Gasteiger partial charge in [-0.1, -0.05) is 0 Å². The molecule has 4 heterocycles. The number of rotatable bonds is 6. The van der Waals surface area contributed by atoms with Gasteiger partial charge in [0.05, 0.1) is 12.8 Å². The van der Waals surface area contributed by atoms with Crippen molar-refractivity contribution in [3.63, 3.8) is 0 Å². The summed E-state index contributed by atoms with van der Waals surface area (Å²) in [5.41, 5.74) is 1.23. The fourth-order valence-electron chi connectivity index (χ4n) is 3.13. The largest absolute Gasteiger partial charge is 0.467 e. The molecule has 0 spiro atoms. The Hall–Kier alpha value is -2.65. The monoisotopic (exact) mass is 358 g/mol. The molecule has 1 aliphatic rings. The molecule has 0 aromatic carbocycles. The van der Waals surface area contributed by atoms with Gasteiger partial charge < -0.3 is 14.5 Å². The molecule has 9 heteroatoms. The number of hydroxylamine groups is 1. The average molecular weight is 358 g/mol. The zero-order valence-electron chi connectivity index (χ0n) is 14.6. The summed E-state index contributed by atoms with van der Waals surface area (Å²) < 4.78 is 13.1. The van der Waals surface area contributed by atoms with Gasteiger partial charge >= 0.3 is 0 Å². The Bertz CT molecular complexity index is 857. The summed E-state index contributed by atoms with van der Waals surface area (Å²) in [5.74, 6) is 1.80. The summed E-state index contributed by atoms with van der Waals surface area (Å²) in [6.07, 6.45) is 5.89. The lowest BCUT2D eigenvalue weighted by molar-refractivity contribution is -0.0301. The molecule has 1 atom stereocenters. The Kier molecular flexibility index (Phi) is 4.72. The summed E-state index contributed by atoms with van der Waals surface area (Å²) in [7, 11) is 0. The number of hydrogen-bond donors (Lipinski definition) is 2. The molecule has 2 N–H and O–H groups in total. The van der Waals surface area contributed by atoms with E-state index in [0.717, 1.165) is 30.1 Å². The second-order valence-electron chi connectivity index (χ2n) is 6.15. The summed E-state index contributed by atoms with van der Waals surface area (Å²) >= 11 is 0. The molecule has 3 aromatic rings. The first-order valence-electron chi connectivity index (χ1n) is 8.85. The SMILES string of the molecule is CCN(O)c1nc2c(NCc3ccco3)ncnc2n1C1CCCCO1. The van der Waals surface area contributed by atoms with E-state index in [1.54, 1.807) is 6.26 Å². The Morgan fingerprint density at radius 1 is 1.38 bits per heavy atom. The molecule has 1 saturated heterocycles. The third-order valence-electron chi connectivity index (χ3n) is 4.44. The highest BCUT2D eigenvalue weighted by atomic mass is 16.5. The lowest BCUT2D eigenvalue weighted by atomic mass is 10.2. The van der Waals surface area contributed by atoms with Crippen LogP contribution in [-0.4, -0.2) is 37.9 Å². The van der Waals surface area contributed by atoms with Crippen LogP contribution in [-0.2, 0) is 11.3 Å². The number of fused-ring (bicyclic) bond motifs is 1. The number of nitrogens with zero attached hydrogens (tertiary/aromatic N) is 5. The number of ether oxygens (including phenoxy) is 1. The highest BCUT2D eigenvalue weighted by Crippen LogP contribution is 2.33. The van der Waals surface area contributed by atoms with Gasteiger partial charge in [-0.2, -0.15) is 0 Å². The van der Waals surface area contributed by atoms with Gasteiger partial charge in [0.25, 0.3) is 0 Å². The lowest BCUT2D eigenvalue weighted by Crippen LogP contribution is -2.26. The average Bonchev–Trinajstić information content (AvgIpc) is 3.34. The van der Waals surface area contributed by atoms with Crippen LogP contribution in [0.1, 0.15) is 38.2 Å². The molecule has 9 nitrogen and oxygen atoms in total. The third kappa shape index (κ3) is 3.11. The number of aromatic nitrogens is 4. The van der Waals surface area contributed by atoms with Crippen molar-refractivity contribution in [2.75, 3.05) is 23.5 Å². The van der Waals surface area contributed by atoms with Gasteiger partial charge in [0.1, 0.15) is 18.3 Å². The minimum absolute atomic E-state index is 0.197. The van der Waals surface area contributed by atoms with Gasteiger partial charge in [-0.15, -0.1) is 0 Å². The normalized spacial score (nSPS) is 17.5. The molecule has 1 unspecified atom stereocenters. The van der Waals surface area contributed by atoms with E-state index < -0.39 is 0 Å². The van der Waals surface area contributed by atoms with Gasteiger partial charge in [0, 0.05) is 13.2 Å². The summed E-state index contributed by atoms with van der Waals surface area (Å²) in [6, 6.07) is 3.72. The predicted molar refractivity (Wildman–Crippen MR) is 95.0 cm³/mol. The second-order valence-corrected chi connectivity index (χ2v) is 6.15. The van der Waals surface area contributed by atoms with Crippen molar-refractivity contribution in [3.8, 4) is 0 Å². The Morgan fingerprint density at radius 3 is 3.04 bits per heavy atom. The van der Waals surface area contributed by atoms with Gasteiger partial charge in [-0.25, -0.2) is 20.0 Å². The third-order valence-corrected chi connectivity index (χ3v) is 4.44. The molecule has 0 radical (unpaired) electrons. The Morgan fingerprint density at radius 2 is 2.31 bits per heavy atom. The van der Waals surface area contributed by atoms with Crippen LogP contribution >= 0.6 is 0 Å². The first-order chi connectivity index (χ1) is 12.8. The van der Waals surface area contributed by atoms with Crippen LogP contribution in [0, 0.1) is 0 Å². The van der Waals surface area contributed by atoms with Crippen LogP contribution in [0.3, 0.4) is 0 Å². The van der Waals surface area contributed by atoms with Crippen molar-refractivity contribution in [1.29, 1.82) is 0 Å². The summed E-state index contributed by atoms with van der Waals surface area (Å²) in [5, 5.41) is 14.7. The van der Waals surface area contributed by atoms with Crippen LogP contribution in [0.25, 0.3) is 11.2 Å². The number of nitrogens with one attached hydrogen (secondary N) is 1. The van der Waals surface area contributed by atoms with Gasteiger partial charge in [0.15, 0.2) is 17.0 Å². The molecule has 1 fully saturated rings. The molecular formula is C17H22N6O3. The number of furan rings is 1. The van der Waals surface area contributed by atoms with Crippen LogP contribution in [0.2, 0.25) is 0 Å². The molecule has 3 aromatic heterocycles. The van der Waals surface area contributed by atoms with Crippen LogP contribution in [0.15, 0.2) is 29.1 Å². The minimum atomic E-state index is -0.197. The first kappa shape index (κ1) is 16.8. The van der Waals surface area contributed by atoms with E-state index in [4.69, 9.17) is 9.15 Å². The molecule has 26 heavy (non-hydrogen) atoms. The zero-order valence-corrected chi connectivity index (χ0v) is 14.6. The first-order valence-corrected chi connectivity index (χ1v) is 8.85. The van der Waals surface area contributed by atoms with E-state index in [1.807, 2.05) is 23.6 Å². The van der Waals surface area contributed by atoms with E-state index >= 15 is 0 Å². The number of hydrogen-bond acceptors (Lipinski definition) is 8. The minimum Gasteiger partial charge on any atom is -0.467 e. The molecule has 0 amide bonds. The van der Waals surface area contributed by atoms with Crippen LogP contribution < -0.4 is 10.4 Å². The molecular weight excluding hydrogens is 336 g/mol. The van der Waals surface area contributed by atoms with Gasteiger partial charge in [0.2, 0.25) is 5.95 Å². The van der Waals surface area contributed by atoms with Crippen molar-refractivity contribution in [2.45, 2.75) is 39.0 Å². The fourth-order valence-corrected chi connectivity index (χ4v) is 3.13. The Balaban J connectivity index is 1.74. The van der Waals surface area contributed by atoms with Crippen molar-refractivity contribution < 1.29 is 14.4 Å². The van der Waals surface area contributed by atoms with Crippen molar-refractivity contribution >= 4 is 22.9 Å². The van der Waals surface area contributed by atoms with E-state index in [9.17, 15) is 5.21 Å². The van der Waals surface area contributed by atoms with E-state index in [0.29, 0.717) is 42.6 Å². The van der Waals surface area contributed by atoms with Crippen molar-refractivity contribution in [3.05, 3.63) is 30.5 Å². The maximum absolute atomic E-state index is 10.3. The summed E-state index contributed by atoms with van der Waals surface area (Å²) in [6.45, 7) is 3.43. The summed E-state index contributed by atoms with van der Waals surface area (Å²) in [4.78, 5) is 13.3. The Labute approximate surface area is 150 Å². The predicted octanol–water partition coefficient (Wildman–Crippen LogP) is 2.95. The van der Waals surface area contributed by atoms with Crippen molar-refractivity contribution in [1.82, 2.24) is 19.5 Å². The van der Waals surface area contributed by atoms with Crippen molar-refractivity contribution in [2.24, 2.45) is 0 Å². The quantitative estimate of drug-likeness (QED) is 0.649. The van der Waals surface area contributed by atoms with Crippen LogP contribution in [0.5, 0.6) is 0 Å². The van der Waals surface area contributed by atoms with E-state index in [1.165, 1.54) is 6.33 Å². The van der Waals surface area contributed by atoms with Crippen LogP contribution in [0.4, 0.5) is 11.8 Å². The van der Waals surface area contributed by atoms with Gasteiger partial charge in [-0.3, -0.25) is 9.77 Å². The number of imidazole rings is 1.